The number of amides is 1. The van der Waals surface area contributed by atoms with E-state index in [9.17, 15) is 14.9 Å². The summed E-state index contributed by atoms with van der Waals surface area (Å²) in [6, 6.07) is 7.68. The van der Waals surface area contributed by atoms with Gasteiger partial charge in [0.15, 0.2) is 0 Å². The van der Waals surface area contributed by atoms with Crippen LogP contribution >= 0.6 is 22.7 Å². The summed E-state index contributed by atoms with van der Waals surface area (Å²) in [6.07, 6.45) is 0. The first kappa shape index (κ1) is 15.3. The number of thiophene rings is 1. The smallest absolute Gasteiger partial charge is 0.269 e. The van der Waals surface area contributed by atoms with Gasteiger partial charge in [-0.15, -0.1) is 11.3 Å². The molecule has 0 aliphatic heterocycles. The zero-order valence-corrected chi connectivity index (χ0v) is 13.6. The molecule has 0 saturated carbocycles. The molecule has 0 atom stereocenters. The number of nitro benzene ring substituents is 1. The Bertz CT molecular complexity index is 855. The molecule has 116 valence electrons. The van der Waals surface area contributed by atoms with Gasteiger partial charge in [-0.25, -0.2) is 4.98 Å². The third-order valence-corrected chi connectivity index (χ3v) is 5.00. The van der Waals surface area contributed by atoms with E-state index in [-0.39, 0.29) is 11.6 Å². The fourth-order valence-electron chi connectivity index (χ4n) is 1.97. The highest BCUT2D eigenvalue weighted by Gasteiger charge is 2.17. The number of aryl methyl sites for hydroxylation is 1. The third-order valence-electron chi connectivity index (χ3n) is 3.11. The van der Waals surface area contributed by atoms with Crippen LogP contribution in [-0.4, -0.2) is 15.8 Å². The number of benzene rings is 1. The number of anilines is 1. The summed E-state index contributed by atoms with van der Waals surface area (Å²) >= 11 is 2.90. The number of aromatic nitrogens is 1. The Balaban J connectivity index is 1.79. The molecule has 3 rings (SSSR count). The lowest BCUT2D eigenvalue weighted by Crippen LogP contribution is -2.11. The zero-order valence-electron chi connectivity index (χ0n) is 12.0. The summed E-state index contributed by atoms with van der Waals surface area (Å²) in [7, 11) is 0. The highest BCUT2D eigenvalue weighted by Crippen LogP contribution is 2.30. The van der Waals surface area contributed by atoms with E-state index in [1.54, 1.807) is 18.3 Å². The van der Waals surface area contributed by atoms with Crippen LogP contribution in [0.4, 0.5) is 11.4 Å². The van der Waals surface area contributed by atoms with Crippen molar-refractivity contribution in [3.63, 3.8) is 0 Å². The number of carbonyl (C=O) groups is 1. The number of rotatable bonds is 4. The van der Waals surface area contributed by atoms with Gasteiger partial charge in [0, 0.05) is 28.8 Å². The van der Waals surface area contributed by atoms with Crippen molar-refractivity contribution in [2.75, 3.05) is 5.32 Å². The van der Waals surface area contributed by atoms with Crippen molar-refractivity contribution in [3.8, 4) is 10.6 Å². The van der Waals surface area contributed by atoms with Gasteiger partial charge in [-0.2, -0.15) is 11.3 Å². The highest BCUT2D eigenvalue weighted by molar-refractivity contribution is 7.17. The van der Waals surface area contributed by atoms with Crippen LogP contribution < -0.4 is 5.32 Å². The van der Waals surface area contributed by atoms with Crippen LogP contribution in [0.15, 0.2) is 41.1 Å². The Hall–Kier alpha value is -2.58. The van der Waals surface area contributed by atoms with E-state index in [0.29, 0.717) is 16.3 Å². The summed E-state index contributed by atoms with van der Waals surface area (Å²) in [5.41, 5.74) is 2.15. The summed E-state index contributed by atoms with van der Waals surface area (Å²) in [5, 5.41) is 18.1. The number of hydrogen-bond donors (Lipinski definition) is 1. The maximum absolute atomic E-state index is 12.4. The van der Waals surface area contributed by atoms with Crippen LogP contribution in [0.2, 0.25) is 0 Å². The first-order chi connectivity index (χ1) is 11.0. The van der Waals surface area contributed by atoms with Crippen LogP contribution in [-0.2, 0) is 0 Å². The van der Waals surface area contributed by atoms with Crippen LogP contribution in [0, 0.1) is 17.0 Å². The van der Waals surface area contributed by atoms with Crippen LogP contribution in [0.1, 0.15) is 15.4 Å². The summed E-state index contributed by atoms with van der Waals surface area (Å²) in [4.78, 5) is 27.5. The molecule has 1 N–H and O–H groups in total. The topological polar surface area (TPSA) is 85.1 Å². The number of non-ortho nitro benzene ring substituents is 1. The molecule has 0 fully saturated rings. The van der Waals surface area contributed by atoms with E-state index in [2.05, 4.69) is 10.3 Å². The molecule has 0 radical (unpaired) electrons. The average Bonchev–Trinajstić information content (AvgIpc) is 3.16. The Morgan fingerprint density at radius 3 is 2.61 bits per heavy atom. The predicted molar refractivity (Wildman–Crippen MR) is 91.2 cm³/mol. The molecule has 23 heavy (non-hydrogen) atoms. The number of nitro groups is 1. The number of carbonyl (C=O) groups excluding carboxylic acids is 1. The lowest BCUT2D eigenvalue weighted by atomic mass is 10.2. The highest BCUT2D eigenvalue weighted by atomic mass is 32.1. The third kappa shape index (κ3) is 3.27. The van der Waals surface area contributed by atoms with Gasteiger partial charge >= 0.3 is 0 Å². The van der Waals surface area contributed by atoms with Crippen molar-refractivity contribution in [1.82, 2.24) is 4.98 Å². The maximum Gasteiger partial charge on any atom is 0.269 e. The van der Waals surface area contributed by atoms with E-state index in [1.165, 1.54) is 35.6 Å². The van der Waals surface area contributed by atoms with Gasteiger partial charge in [-0.1, -0.05) is 0 Å². The fourth-order valence-corrected chi connectivity index (χ4v) is 3.64. The molecule has 3 aromatic rings. The standard InChI is InChI=1S/C15H11N3O3S2/c1-9-13(23-15(16-9)10-6-7-22-8-10)14(19)17-11-2-4-12(5-3-11)18(20)21/h2-8H,1H3,(H,17,19). The Morgan fingerprint density at radius 2 is 2.00 bits per heavy atom. The van der Waals surface area contributed by atoms with E-state index in [0.717, 1.165) is 10.6 Å². The summed E-state index contributed by atoms with van der Waals surface area (Å²) in [6.45, 7) is 1.79. The first-order valence-corrected chi connectivity index (χ1v) is 8.36. The lowest BCUT2D eigenvalue weighted by molar-refractivity contribution is -0.384. The normalized spacial score (nSPS) is 10.5. The SMILES string of the molecule is Cc1nc(-c2ccsc2)sc1C(=O)Nc1ccc([N+](=O)[O-])cc1. The van der Waals surface area contributed by atoms with Crippen LogP contribution in [0.5, 0.6) is 0 Å². The van der Waals surface area contributed by atoms with Crippen LogP contribution in [0.3, 0.4) is 0 Å². The van der Waals surface area contributed by atoms with Crippen molar-refractivity contribution >= 4 is 40.0 Å². The Kier molecular flexibility index (Phi) is 4.18. The average molecular weight is 345 g/mol. The van der Waals surface area contributed by atoms with E-state index >= 15 is 0 Å². The van der Waals surface area contributed by atoms with Crippen molar-refractivity contribution < 1.29 is 9.72 Å². The number of nitrogens with zero attached hydrogens (tertiary/aromatic N) is 2. The molecular weight excluding hydrogens is 334 g/mol. The molecule has 0 saturated heterocycles. The molecule has 0 bridgehead atoms. The fraction of sp³-hybridized carbons (Fsp3) is 0.0667. The minimum absolute atomic E-state index is 0.0169. The minimum atomic E-state index is -0.480. The van der Waals surface area contributed by atoms with Gasteiger partial charge in [0.2, 0.25) is 0 Å². The molecule has 6 nitrogen and oxygen atoms in total. The van der Waals surface area contributed by atoms with E-state index in [4.69, 9.17) is 0 Å². The Labute approximate surface area is 139 Å². The van der Waals surface area contributed by atoms with Gasteiger partial charge in [0.05, 0.1) is 10.6 Å². The second kappa shape index (κ2) is 6.27. The second-order valence-electron chi connectivity index (χ2n) is 4.70. The quantitative estimate of drug-likeness (QED) is 0.563. The summed E-state index contributed by atoms with van der Waals surface area (Å²) in [5.74, 6) is -0.268. The molecular formula is C15H11N3O3S2. The molecule has 2 aromatic heterocycles. The summed E-state index contributed by atoms with van der Waals surface area (Å²) < 4.78 is 0. The van der Waals surface area contributed by atoms with Crippen molar-refractivity contribution in [2.45, 2.75) is 6.92 Å². The van der Waals surface area contributed by atoms with Crippen molar-refractivity contribution in [2.24, 2.45) is 0 Å². The van der Waals surface area contributed by atoms with Gasteiger partial charge in [0.25, 0.3) is 11.6 Å². The van der Waals surface area contributed by atoms with E-state index < -0.39 is 4.92 Å². The Morgan fingerprint density at radius 1 is 1.26 bits per heavy atom. The molecule has 2 heterocycles. The van der Waals surface area contributed by atoms with Gasteiger partial charge in [-0.05, 0) is 30.5 Å². The maximum atomic E-state index is 12.4. The molecule has 0 aliphatic rings. The molecule has 1 aromatic carbocycles. The molecule has 1 amide bonds. The molecule has 8 heteroatoms. The largest absolute Gasteiger partial charge is 0.321 e. The van der Waals surface area contributed by atoms with Gasteiger partial charge < -0.3 is 5.32 Å². The van der Waals surface area contributed by atoms with Gasteiger partial charge in [0.1, 0.15) is 9.88 Å². The first-order valence-electron chi connectivity index (χ1n) is 6.60. The molecule has 0 spiro atoms. The monoisotopic (exact) mass is 345 g/mol. The number of thiazole rings is 1. The van der Waals surface area contributed by atoms with Crippen LogP contribution in [0.25, 0.3) is 10.6 Å². The predicted octanol–water partition coefficient (Wildman–Crippen LogP) is 4.34. The second-order valence-corrected chi connectivity index (χ2v) is 6.48. The lowest BCUT2D eigenvalue weighted by Gasteiger charge is -2.03. The van der Waals surface area contributed by atoms with Crippen molar-refractivity contribution in [3.05, 3.63) is 61.8 Å². The number of hydrogen-bond acceptors (Lipinski definition) is 6. The zero-order chi connectivity index (χ0) is 16.4. The number of nitrogens with one attached hydrogen (secondary N) is 1. The molecule has 0 unspecified atom stereocenters. The van der Waals surface area contributed by atoms with E-state index in [1.807, 2.05) is 16.8 Å². The minimum Gasteiger partial charge on any atom is -0.321 e. The molecule has 0 aliphatic carbocycles. The van der Waals surface area contributed by atoms with Gasteiger partial charge in [-0.3, -0.25) is 14.9 Å². The van der Waals surface area contributed by atoms with Crippen molar-refractivity contribution in [1.29, 1.82) is 0 Å².